The van der Waals surface area contributed by atoms with E-state index in [1.165, 1.54) is 5.56 Å². The molecule has 0 aliphatic carbocycles. The van der Waals surface area contributed by atoms with Crippen LogP contribution in [-0.2, 0) is 20.6 Å². The van der Waals surface area contributed by atoms with Crippen LogP contribution in [0.4, 0.5) is 5.82 Å². The van der Waals surface area contributed by atoms with Gasteiger partial charge < -0.3 is 18.9 Å². The quantitative estimate of drug-likeness (QED) is 0.735. The molecule has 2 fully saturated rings. The molecular weight excluding hydrogens is 377 g/mol. The molecule has 4 heterocycles. The van der Waals surface area contributed by atoms with Gasteiger partial charge in [0.1, 0.15) is 5.82 Å². The van der Waals surface area contributed by atoms with E-state index in [-0.39, 0.29) is 18.3 Å². The topological polar surface area (TPSA) is 56.2 Å². The molecule has 0 unspecified atom stereocenters. The van der Waals surface area contributed by atoms with E-state index in [0.29, 0.717) is 6.54 Å². The van der Waals surface area contributed by atoms with Crippen LogP contribution < -0.4 is 10.4 Å². The Labute approximate surface area is 178 Å². The van der Waals surface area contributed by atoms with Gasteiger partial charge in [0.2, 0.25) is 0 Å². The molecule has 1 aromatic carbocycles. The number of hydrogen-bond donors (Lipinski definition) is 0. The van der Waals surface area contributed by atoms with Crippen LogP contribution >= 0.6 is 0 Å². The fraction of sp³-hybridized carbons (Fsp3) is 0.478. The Bertz CT molecular complexity index is 983. The Balaban J connectivity index is 1.44. The van der Waals surface area contributed by atoms with E-state index in [1.807, 2.05) is 12.3 Å². The van der Waals surface area contributed by atoms with Crippen LogP contribution in [-0.4, -0.2) is 55.3 Å². The van der Waals surface area contributed by atoms with Gasteiger partial charge >= 0.3 is 7.12 Å². The highest BCUT2D eigenvalue weighted by atomic mass is 16.7. The second-order valence-corrected chi connectivity index (χ2v) is 9.17. The second-order valence-electron chi connectivity index (χ2n) is 9.17. The number of anilines is 1. The number of hydrogen-bond acceptors (Lipinski definition) is 6. The van der Waals surface area contributed by atoms with Crippen molar-refractivity contribution in [3.05, 3.63) is 53.2 Å². The first kappa shape index (κ1) is 19.7. The number of aromatic nitrogens is 1. The minimum absolute atomic E-state index is 0.355. The van der Waals surface area contributed by atoms with Crippen LogP contribution in [0.5, 0.6) is 0 Å². The van der Waals surface area contributed by atoms with Gasteiger partial charge in [-0.15, -0.1) is 0 Å². The lowest BCUT2D eigenvalue weighted by Crippen LogP contribution is -2.41. The lowest BCUT2D eigenvalue weighted by Gasteiger charge is -2.32. The van der Waals surface area contributed by atoms with E-state index in [1.54, 1.807) is 0 Å². The largest absolute Gasteiger partial charge is 0.494 e. The second kappa shape index (κ2) is 7.19. The minimum Gasteiger partial charge on any atom is -0.399 e. The van der Waals surface area contributed by atoms with Gasteiger partial charge in [0.15, 0.2) is 0 Å². The Morgan fingerprint density at radius 1 is 0.967 bits per heavy atom. The highest BCUT2D eigenvalue weighted by Gasteiger charge is 2.51. The van der Waals surface area contributed by atoms with Crippen molar-refractivity contribution in [1.29, 1.82) is 0 Å². The molecular formula is C23H28BN3O3. The van der Waals surface area contributed by atoms with Crippen molar-refractivity contribution in [1.82, 2.24) is 4.98 Å². The fourth-order valence-corrected chi connectivity index (χ4v) is 4.11. The molecule has 3 aliphatic rings. The molecule has 0 amide bonds. The summed E-state index contributed by atoms with van der Waals surface area (Å²) in [6.45, 7) is 12.2. The number of pyridine rings is 1. The highest BCUT2D eigenvalue weighted by Crippen LogP contribution is 2.36. The average molecular weight is 405 g/mol. The molecule has 0 N–H and O–H groups in total. The van der Waals surface area contributed by atoms with E-state index in [9.17, 15) is 0 Å². The lowest BCUT2D eigenvalue weighted by molar-refractivity contribution is 0.00578. The van der Waals surface area contributed by atoms with Crippen molar-refractivity contribution in [2.24, 2.45) is 4.99 Å². The number of nitrogens with zero attached hydrogens (tertiary/aromatic N) is 3. The minimum atomic E-state index is -0.372. The van der Waals surface area contributed by atoms with Crippen LogP contribution in [0.15, 0.2) is 41.5 Å². The van der Waals surface area contributed by atoms with Gasteiger partial charge in [0.05, 0.1) is 36.7 Å². The first-order valence-corrected chi connectivity index (χ1v) is 10.7. The van der Waals surface area contributed by atoms with Gasteiger partial charge in [-0.3, -0.25) is 4.99 Å². The Hall–Kier alpha value is -2.22. The molecule has 6 nitrogen and oxygen atoms in total. The average Bonchev–Trinajstić information content (AvgIpc) is 3.26. The Kier molecular flexibility index (Phi) is 4.73. The van der Waals surface area contributed by atoms with Gasteiger partial charge in [-0.05, 0) is 50.9 Å². The van der Waals surface area contributed by atoms with Crippen molar-refractivity contribution in [3.8, 4) is 0 Å². The van der Waals surface area contributed by atoms with E-state index >= 15 is 0 Å². The van der Waals surface area contributed by atoms with Gasteiger partial charge in [-0.1, -0.05) is 18.2 Å². The van der Waals surface area contributed by atoms with Crippen LogP contribution in [0.25, 0.3) is 0 Å². The van der Waals surface area contributed by atoms with E-state index in [4.69, 9.17) is 19.0 Å². The summed E-state index contributed by atoms with van der Waals surface area (Å²) >= 11 is 0. The molecule has 5 rings (SSSR count). The van der Waals surface area contributed by atoms with Crippen molar-refractivity contribution in [2.75, 3.05) is 31.2 Å². The standard InChI is InChI=1S/C23H28BN3O3/c1-22(2)23(3,4)30-24(29-22)18-6-5-17-15-26-21(19(17)14-18)16-7-8-25-20(13-16)27-9-11-28-12-10-27/h5-8,13-14H,9-12,15H2,1-4H3. The molecule has 30 heavy (non-hydrogen) atoms. The molecule has 2 aromatic rings. The molecule has 2 saturated heterocycles. The Morgan fingerprint density at radius 3 is 2.43 bits per heavy atom. The number of rotatable bonds is 3. The van der Waals surface area contributed by atoms with Gasteiger partial charge in [0, 0.05) is 30.4 Å². The summed E-state index contributed by atoms with van der Waals surface area (Å²) in [5, 5.41) is 0. The molecule has 0 saturated carbocycles. The highest BCUT2D eigenvalue weighted by molar-refractivity contribution is 6.62. The van der Waals surface area contributed by atoms with Gasteiger partial charge in [-0.25, -0.2) is 4.98 Å². The van der Waals surface area contributed by atoms with Crippen molar-refractivity contribution in [3.63, 3.8) is 0 Å². The maximum atomic E-state index is 6.26. The molecule has 3 aliphatic heterocycles. The summed E-state index contributed by atoms with van der Waals surface area (Å²) in [7, 11) is -0.372. The normalized spacial score (nSPS) is 22.2. The molecule has 0 atom stereocenters. The molecule has 0 bridgehead atoms. The summed E-state index contributed by atoms with van der Waals surface area (Å²) in [6.07, 6.45) is 1.87. The number of benzene rings is 1. The number of aliphatic imine (C=N–C) groups is 1. The zero-order valence-electron chi connectivity index (χ0n) is 18.1. The molecule has 1 aromatic heterocycles. The van der Waals surface area contributed by atoms with Gasteiger partial charge in [0.25, 0.3) is 0 Å². The lowest BCUT2D eigenvalue weighted by atomic mass is 9.77. The van der Waals surface area contributed by atoms with E-state index in [2.05, 4.69) is 61.8 Å². The van der Waals surface area contributed by atoms with Crippen LogP contribution in [0, 0.1) is 0 Å². The monoisotopic (exact) mass is 405 g/mol. The predicted octanol–water partition coefficient (Wildman–Crippen LogP) is 2.57. The van der Waals surface area contributed by atoms with Crippen LogP contribution in [0.3, 0.4) is 0 Å². The zero-order chi connectivity index (χ0) is 20.9. The van der Waals surface area contributed by atoms with Crippen molar-refractivity contribution in [2.45, 2.75) is 45.4 Å². The van der Waals surface area contributed by atoms with E-state index in [0.717, 1.165) is 54.4 Å². The van der Waals surface area contributed by atoms with Crippen molar-refractivity contribution >= 4 is 24.1 Å². The maximum absolute atomic E-state index is 6.26. The predicted molar refractivity (Wildman–Crippen MR) is 119 cm³/mol. The summed E-state index contributed by atoms with van der Waals surface area (Å²) in [5.74, 6) is 0.981. The number of ether oxygens (including phenoxy) is 1. The molecule has 0 spiro atoms. The van der Waals surface area contributed by atoms with Crippen molar-refractivity contribution < 1.29 is 14.0 Å². The first-order chi connectivity index (χ1) is 14.3. The number of morpholine rings is 1. The Morgan fingerprint density at radius 2 is 1.70 bits per heavy atom. The number of fused-ring (bicyclic) bond motifs is 1. The molecule has 0 radical (unpaired) electrons. The van der Waals surface area contributed by atoms with Crippen LogP contribution in [0.2, 0.25) is 0 Å². The molecule has 156 valence electrons. The first-order valence-electron chi connectivity index (χ1n) is 10.7. The third-order valence-electron chi connectivity index (χ3n) is 6.68. The van der Waals surface area contributed by atoms with Crippen LogP contribution in [0.1, 0.15) is 44.4 Å². The third-order valence-corrected chi connectivity index (χ3v) is 6.68. The smallest absolute Gasteiger partial charge is 0.399 e. The zero-order valence-corrected chi connectivity index (χ0v) is 18.1. The summed E-state index contributed by atoms with van der Waals surface area (Å²) in [4.78, 5) is 11.7. The molecule has 7 heteroatoms. The third kappa shape index (κ3) is 3.35. The summed E-state index contributed by atoms with van der Waals surface area (Å²) in [6, 6.07) is 10.6. The summed E-state index contributed by atoms with van der Waals surface area (Å²) < 4.78 is 18.0. The van der Waals surface area contributed by atoms with E-state index < -0.39 is 0 Å². The van der Waals surface area contributed by atoms with Gasteiger partial charge in [-0.2, -0.15) is 0 Å². The maximum Gasteiger partial charge on any atom is 0.494 e. The summed E-state index contributed by atoms with van der Waals surface area (Å²) in [5.41, 5.74) is 4.81. The fourth-order valence-electron chi connectivity index (χ4n) is 4.11. The SMILES string of the molecule is CC1(C)OB(c2ccc3c(c2)C(c2ccnc(N4CCOCC4)c2)=NC3)OC1(C)C.